The molecule has 0 spiro atoms. The largest absolute Gasteiger partial charge is 0.481 e. The van der Waals surface area contributed by atoms with Gasteiger partial charge in [-0.25, -0.2) is 4.79 Å². The minimum atomic E-state index is -4.50. The maximum absolute atomic E-state index is 12.8. The highest BCUT2D eigenvalue weighted by molar-refractivity contribution is 5.79. The summed E-state index contributed by atoms with van der Waals surface area (Å²) in [6.45, 7) is 1.77. The van der Waals surface area contributed by atoms with Crippen molar-refractivity contribution in [2.75, 3.05) is 13.1 Å². The fourth-order valence-electron chi connectivity index (χ4n) is 2.80. The van der Waals surface area contributed by atoms with Gasteiger partial charge in [-0.1, -0.05) is 0 Å². The van der Waals surface area contributed by atoms with Crippen molar-refractivity contribution >= 4 is 17.6 Å². The number of aliphatic carboxylic acids is 1. The van der Waals surface area contributed by atoms with Crippen LogP contribution in [0, 0.1) is 5.41 Å². The van der Waals surface area contributed by atoms with Crippen LogP contribution in [0.2, 0.25) is 0 Å². The number of carbonyl (C=O) groups excluding carboxylic acids is 1. The zero-order valence-electron chi connectivity index (χ0n) is 13.7. The quantitative estimate of drug-likeness (QED) is 0.856. The number of likely N-dealkylation sites (tertiary alicyclic amines) is 1. The van der Waals surface area contributed by atoms with Crippen molar-refractivity contribution < 1.29 is 27.9 Å². The zero-order chi connectivity index (χ0) is 19.1. The standard InChI is InChI=1S/C15H16F3N5O3/c1-14(12(24)25)4-5-22(8-14)13(26)19-6-11-21-20-10-3-2-9(7-23(10)11)15(16,17)18/h2-3,7H,4-6,8H2,1H3,(H,19,26)(H,24,25). The molecular formula is C15H16F3N5O3. The van der Waals surface area contributed by atoms with E-state index in [1.54, 1.807) is 6.92 Å². The van der Waals surface area contributed by atoms with Gasteiger partial charge in [0.1, 0.15) is 0 Å². The number of fused-ring (bicyclic) bond motifs is 1. The van der Waals surface area contributed by atoms with E-state index in [2.05, 4.69) is 15.5 Å². The number of aromatic nitrogens is 3. The Labute approximate surface area is 145 Å². The third kappa shape index (κ3) is 3.28. The number of carboxylic acid groups (broad SMARTS) is 1. The van der Waals surface area contributed by atoms with Crippen LogP contribution in [-0.2, 0) is 17.5 Å². The van der Waals surface area contributed by atoms with Crippen LogP contribution in [0.5, 0.6) is 0 Å². The summed E-state index contributed by atoms with van der Waals surface area (Å²) in [5.74, 6) is -0.837. The van der Waals surface area contributed by atoms with Crippen molar-refractivity contribution in [3.05, 3.63) is 29.7 Å². The second-order valence-corrected chi connectivity index (χ2v) is 6.46. The molecule has 1 fully saturated rings. The molecule has 11 heteroatoms. The average molecular weight is 371 g/mol. The van der Waals surface area contributed by atoms with Crippen LogP contribution < -0.4 is 5.32 Å². The van der Waals surface area contributed by atoms with E-state index in [4.69, 9.17) is 0 Å². The lowest BCUT2D eigenvalue weighted by Crippen LogP contribution is -2.40. The first-order valence-electron chi connectivity index (χ1n) is 7.77. The number of alkyl halides is 3. The number of carboxylic acids is 1. The molecule has 2 N–H and O–H groups in total. The highest BCUT2D eigenvalue weighted by Crippen LogP contribution is 2.30. The number of halogens is 3. The topological polar surface area (TPSA) is 99.8 Å². The molecule has 3 rings (SSSR count). The van der Waals surface area contributed by atoms with Gasteiger partial charge in [-0.2, -0.15) is 13.2 Å². The Kier molecular flexibility index (Phi) is 4.24. The van der Waals surface area contributed by atoms with Gasteiger partial charge >= 0.3 is 18.2 Å². The molecule has 2 aromatic rings. The van der Waals surface area contributed by atoms with Gasteiger partial charge in [0.15, 0.2) is 11.5 Å². The van der Waals surface area contributed by atoms with Crippen molar-refractivity contribution in [3.63, 3.8) is 0 Å². The van der Waals surface area contributed by atoms with Crippen LogP contribution in [0.25, 0.3) is 5.65 Å². The summed E-state index contributed by atoms with van der Waals surface area (Å²) >= 11 is 0. The summed E-state index contributed by atoms with van der Waals surface area (Å²) in [5.41, 5.74) is -1.63. The average Bonchev–Trinajstić information content (AvgIpc) is 3.16. The summed E-state index contributed by atoms with van der Waals surface area (Å²) < 4.78 is 39.7. The van der Waals surface area contributed by atoms with E-state index >= 15 is 0 Å². The van der Waals surface area contributed by atoms with Gasteiger partial charge in [0, 0.05) is 19.3 Å². The van der Waals surface area contributed by atoms with Crippen LogP contribution in [0.3, 0.4) is 0 Å². The first kappa shape index (κ1) is 18.0. The minimum absolute atomic E-state index is 0.0625. The van der Waals surface area contributed by atoms with Crippen molar-refractivity contribution in [2.24, 2.45) is 5.41 Å². The van der Waals surface area contributed by atoms with Crippen LogP contribution in [0.1, 0.15) is 24.7 Å². The smallest absolute Gasteiger partial charge is 0.417 e. The van der Waals surface area contributed by atoms with E-state index < -0.39 is 29.2 Å². The Hall–Kier alpha value is -2.85. The Morgan fingerprint density at radius 3 is 2.69 bits per heavy atom. The number of hydrogen-bond donors (Lipinski definition) is 2. The lowest BCUT2D eigenvalue weighted by molar-refractivity contribution is -0.147. The Morgan fingerprint density at radius 1 is 1.35 bits per heavy atom. The van der Waals surface area contributed by atoms with E-state index in [0.29, 0.717) is 6.42 Å². The summed E-state index contributed by atoms with van der Waals surface area (Å²) in [7, 11) is 0. The number of nitrogens with one attached hydrogen (secondary N) is 1. The molecule has 1 atom stereocenters. The molecule has 26 heavy (non-hydrogen) atoms. The zero-order valence-corrected chi connectivity index (χ0v) is 13.7. The van der Waals surface area contributed by atoms with Gasteiger partial charge in [0.05, 0.1) is 17.5 Å². The SMILES string of the molecule is CC1(C(=O)O)CCN(C(=O)NCc2nnc3ccc(C(F)(F)F)cn23)C1. The number of rotatable bonds is 3. The number of carbonyl (C=O) groups is 2. The lowest BCUT2D eigenvalue weighted by atomic mass is 9.90. The Balaban J connectivity index is 1.70. The molecular weight excluding hydrogens is 355 g/mol. The van der Waals surface area contributed by atoms with Gasteiger partial charge < -0.3 is 15.3 Å². The maximum Gasteiger partial charge on any atom is 0.417 e. The summed E-state index contributed by atoms with van der Waals surface area (Å²) in [6, 6.07) is 1.60. The minimum Gasteiger partial charge on any atom is -0.481 e. The fourth-order valence-corrected chi connectivity index (χ4v) is 2.80. The number of pyridine rings is 1. The molecule has 0 bridgehead atoms. The van der Waals surface area contributed by atoms with Gasteiger partial charge in [0.25, 0.3) is 0 Å². The molecule has 1 aliphatic rings. The fraction of sp³-hybridized carbons (Fsp3) is 0.467. The first-order chi connectivity index (χ1) is 12.1. The van der Waals surface area contributed by atoms with E-state index in [1.165, 1.54) is 11.0 Å². The van der Waals surface area contributed by atoms with Gasteiger partial charge in [-0.15, -0.1) is 10.2 Å². The van der Waals surface area contributed by atoms with E-state index in [-0.39, 0.29) is 31.1 Å². The van der Waals surface area contributed by atoms with Crippen LogP contribution in [0.15, 0.2) is 18.3 Å². The molecule has 1 saturated heterocycles. The Bertz CT molecular complexity index is 866. The molecule has 0 aliphatic carbocycles. The lowest BCUT2D eigenvalue weighted by Gasteiger charge is -2.20. The highest BCUT2D eigenvalue weighted by Gasteiger charge is 2.42. The van der Waals surface area contributed by atoms with E-state index in [0.717, 1.165) is 16.7 Å². The number of nitrogens with zero attached hydrogens (tertiary/aromatic N) is 4. The monoisotopic (exact) mass is 371 g/mol. The van der Waals surface area contributed by atoms with E-state index in [9.17, 15) is 27.9 Å². The molecule has 0 saturated carbocycles. The molecule has 0 radical (unpaired) electrons. The van der Waals surface area contributed by atoms with Gasteiger partial charge in [-0.3, -0.25) is 9.20 Å². The molecule has 3 heterocycles. The highest BCUT2D eigenvalue weighted by atomic mass is 19.4. The maximum atomic E-state index is 12.8. The van der Waals surface area contributed by atoms with Gasteiger partial charge in [-0.05, 0) is 25.5 Å². The van der Waals surface area contributed by atoms with Crippen LogP contribution in [-0.4, -0.2) is 49.7 Å². The number of hydrogen-bond acceptors (Lipinski definition) is 4. The second-order valence-electron chi connectivity index (χ2n) is 6.46. The molecule has 1 aliphatic heterocycles. The van der Waals surface area contributed by atoms with Crippen molar-refractivity contribution in [1.29, 1.82) is 0 Å². The number of urea groups is 1. The second kappa shape index (κ2) is 6.15. The summed E-state index contributed by atoms with van der Waals surface area (Å²) in [6.07, 6.45) is -3.30. The van der Waals surface area contributed by atoms with Crippen molar-refractivity contribution in [1.82, 2.24) is 24.8 Å². The summed E-state index contributed by atoms with van der Waals surface area (Å²) in [4.78, 5) is 24.8. The van der Waals surface area contributed by atoms with Crippen LogP contribution in [0.4, 0.5) is 18.0 Å². The van der Waals surface area contributed by atoms with Gasteiger partial charge in [0.2, 0.25) is 0 Å². The predicted molar refractivity (Wildman–Crippen MR) is 82.2 cm³/mol. The summed E-state index contributed by atoms with van der Waals surface area (Å²) in [5, 5.41) is 19.3. The molecule has 1 unspecified atom stereocenters. The van der Waals surface area contributed by atoms with Crippen molar-refractivity contribution in [3.8, 4) is 0 Å². The van der Waals surface area contributed by atoms with E-state index in [1.807, 2.05) is 0 Å². The third-order valence-corrected chi connectivity index (χ3v) is 4.47. The Morgan fingerprint density at radius 2 is 2.08 bits per heavy atom. The normalized spacial score (nSPS) is 20.5. The molecule has 2 amide bonds. The third-order valence-electron chi connectivity index (χ3n) is 4.47. The molecule has 2 aromatic heterocycles. The number of amides is 2. The molecule has 0 aromatic carbocycles. The predicted octanol–water partition coefficient (Wildman–Crippen LogP) is 1.75. The van der Waals surface area contributed by atoms with Crippen LogP contribution >= 0.6 is 0 Å². The molecule has 8 nitrogen and oxygen atoms in total. The van der Waals surface area contributed by atoms with Crippen molar-refractivity contribution in [2.45, 2.75) is 26.1 Å². The molecule has 140 valence electrons. The first-order valence-corrected chi connectivity index (χ1v) is 7.77.